The van der Waals surface area contributed by atoms with E-state index in [1.165, 1.54) is 5.56 Å². The van der Waals surface area contributed by atoms with Gasteiger partial charge in [0.2, 0.25) is 0 Å². The number of hydrogen-bond donors (Lipinski definition) is 1. The molecule has 0 unspecified atom stereocenters. The number of carbonyl (C=O) groups is 1. The Morgan fingerprint density at radius 2 is 1.75 bits per heavy atom. The van der Waals surface area contributed by atoms with Crippen molar-refractivity contribution in [3.05, 3.63) is 52.8 Å². The fourth-order valence-electron chi connectivity index (χ4n) is 2.53. The summed E-state index contributed by atoms with van der Waals surface area (Å²) in [7, 11) is 1.66. The molecule has 3 nitrogen and oxygen atoms in total. The van der Waals surface area contributed by atoms with E-state index in [4.69, 9.17) is 0 Å². The van der Waals surface area contributed by atoms with Crippen LogP contribution < -0.4 is 5.32 Å². The number of hydrogen-bond acceptors (Lipinski definition) is 1. The van der Waals surface area contributed by atoms with Crippen LogP contribution in [-0.2, 0) is 0 Å². The summed E-state index contributed by atoms with van der Waals surface area (Å²) >= 11 is 0. The first-order chi connectivity index (χ1) is 9.45. The third kappa shape index (κ3) is 2.48. The highest BCUT2D eigenvalue weighted by molar-refractivity contribution is 5.95. The van der Waals surface area contributed by atoms with Crippen molar-refractivity contribution in [3.8, 4) is 5.69 Å². The number of nitrogens with zero attached hydrogens (tertiary/aromatic N) is 1. The van der Waals surface area contributed by atoms with Crippen molar-refractivity contribution < 1.29 is 4.79 Å². The van der Waals surface area contributed by atoms with E-state index in [-0.39, 0.29) is 5.91 Å². The molecule has 0 radical (unpaired) electrons. The maximum Gasteiger partial charge on any atom is 0.252 e. The highest BCUT2D eigenvalue weighted by atomic mass is 16.1. The van der Waals surface area contributed by atoms with Crippen molar-refractivity contribution in [2.24, 2.45) is 0 Å². The first-order valence-electron chi connectivity index (χ1n) is 6.97. The Morgan fingerprint density at radius 1 is 1.15 bits per heavy atom. The smallest absolute Gasteiger partial charge is 0.252 e. The van der Waals surface area contributed by atoms with Crippen LogP contribution in [0.3, 0.4) is 0 Å². The molecule has 1 amide bonds. The number of amides is 1. The molecule has 2 aromatic rings. The molecule has 0 aliphatic carbocycles. The molecule has 0 aliphatic heterocycles. The third-order valence-corrected chi connectivity index (χ3v) is 3.72. The van der Waals surface area contributed by atoms with Gasteiger partial charge in [-0.15, -0.1) is 0 Å². The predicted octanol–water partition coefficient (Wildman–Crippen LogP) is 3.58. The zero-order valence-corrected chi connectivity index (χ0v) is 12.8. The topological polar surface area (TPSA) is 34.0 Å². The van der Waals surface area contributed by atoms with Gasteiger partial charge in [-0.3, -0.25) is 4.79 Å². The van der Waals surface area contributed by atoms with E-state index in [0.717, 1.165) is 22.6 Å². The van der Waals surface area contributed by atoms with Gasteiger partial charge in [-0.05, 0) is 43.5 Å². The van der Waals surface area contributed by atoms with Crippen molar-refractivity contribution in [2.45, 2.75) is 33.6 Å². The maximum absolute atomic E-state index is 11.9. The van der Waals surface area contributed by atoms with Crippen LogP contribution in [-0.4, -0.2) is 17.5 Å². The number of aryl methyl sites for hydroxylation is 1. The second-order valence-electron chi connectivity index (χ2n) is 5.45. The predicted molar refractivity (Wildman–Crippen MR) is 82.7 cm³/mol. The van der Waals surface area contributed by atoms with Crippen molar-refractivity contribution in [1.82, 2.24) is 9.88 Å². The Kier molecular flexibility index (Phi) is 3.98. The molecule has 0 fully saturated rings. The van der Waals surface area contributed by atoms with Gasteiger partial charge in [-0.1, -0.05) is 26.0 Å². The highest BCUT2D eigenvalue weighted by Crippen LogP contribution is 2.22. The summed E-state index contributed by atoms with van der Waals surface area (Å²) in [5, 5.41) is 2.69. The third-order valence-electron chi connectivity index (χ3n) is 3.72. The molecule has 0 aliphatic rings. The van der Waals surface area contributed by atoms with Gasteiger partial charge in [0, 0.05) is 24.1 Å². The van der Waals surface area contributed by atoms with Gasteiger partial charge in [-0.2, -0.15) is 0 Å². The van der Waals surface area contributed by atoms with E-state index >= 15 is 0 Å². The molecule has 0 bridgehead atoms. The summed E-state index contributed by atoms with van der Waals surface area (Å²) in [6.45, 7) is 8.37. The van der Waals surface area contributed by atoms with Crippen LogP contribution in [0, 0.1) is 13.8 Å². The lowest BCUT2D eigenvalue weighted by atomic mass is 10.0. The van der Waals surface area contributed by atoms with E-state index in [9.17, 15) is 4.79 Å². The molecule has 0 saturated heterocycles. The van der Waals surface area contributed by atoms with Gasteiger partial charge in [0.25, 0.3) is 5.91 Å². The molecule has 1 aromatic heterocycles. The normalized spacial score (nSPS) is 10.9. The number of aromatic nitrogens is 1. The minimum atomic E-state index is -0.0387. The van der Waals surface area contributed by atoms with E-state index in [2.05, 4.69) is 48.0 Å². The van der Waals surface area contributed by atoms with Gasteiger partial charge in [-0.25, -0.2) is 0 Å². The molecule has 2 rings (SSSR count). The largest absolute Gasteiger partial charge is 0.355 e. The van der Waals surface area contributed by atoms with E-state index in [0.29, 0.717) is 5.92 Å². The Morgan fingerprint density at radius 3 is 2.25 bits per heavy atom. The van der Waals surface area contributed by atoms with Gasteiger partial charge in [0.15, 0.2) is 0 Å². The fourth-order valence-corrected chi connectivity index (χ4v) is 2.53. The average Bonchev–Trinajstić information content (AvgIpc) is 2.73. The maximum atomic E-state index is 11.9. The second-order valence-corrected chi connectivity index (χ2v) is 5.45. The lowest BCUT2D eigenvalue weighted by Gasteiger charge is -2.12. The fraction of sp³-hybridized carbons (Fsp3) is 0.353. The van der Waals surface area contributed by atoms with Crippen LogP contribution in [0.4, 0.5) is 0 Å². The molecule has 0 saturated carbocycles. The molecular weight excluding hydrogens is 248 g/mol. The van der Waals surface area contributed by atoms with Gasteiger partial charge >= 0.3 is 0 Å². The van der Waals surface area contributed by atoms with E-state index < -0.39 is 0 Å². The summed E-state index contributed by atoms with van der Waals surface area (Å²) in [5.74, 6) is 0.487. The van der Waals surface area contributed by atoms with Crippen molar-refractivity contribution in [1.29, 1.82) is 0 Å². The number of rotatable bonds is 3. The summed E-state index contributed by atoms with van der Waals surface area (Å²) < 4.78 is 2.12. The van der Waals surface area contributed by atoms with Crippen LogP contribution in [0.1, 0.15) is 47.1 Å². The molecule has 0 spiro atoms. The summed E-state index contributed by atoms with van der Waals surface area (Å²) in [4.78, 5) is 11.9. The lowest BCUT2D eigenvalue weighted by Crippen LogP contribution is -2.18. The average molecular weight is 270 g/mol. The molecule has 20 heavy (non-hydrogen) atoms. The van der Waals surface area contributed by atoms with Crippen LogP contribution in [0.25, 0.3) is 5.69 Å². The SMILES string of the molecule is CNC(=O)c1cc(C)n(-c2ccc(C(C)C)cc2)c1C. The van der Waals surface area contributed by atoms with Gasteiger partial charge in [0.05, 0.1) is 5.56 Å². The Balaban J connectivity index is 2.47. The minimum absolute atomic E-state index is 0.0387. The van der Waals surface area contributed by atoms with Crippen molar-refractivity contribution >= 4 is 5.91 Å². The Bertz CT molecular complexity index is 621. The quantitative estimate of drug-likeness (QED) is 0.909. The molecule has 0 atom stereocenters. The van der Waals surface area contributed by atoms with Gasteiger partial charge < -0.3 is 9.88 Å². The highest BCUT2D eigenvalue weighted by Gasteiger charge is 2.15. The monoisotopic (exact) mass is 270 g/mol. The van der Waals surface area contributed by atoms with E-state index in [1.807, 2.05) is 19.9 Å². The first kappa shape index (κ1) is 14.4. The number of benzene rings is 1. The van der Waals surface area contributed by atoms with Crippen LogP contribution in [0.15, 0.2) is 30.3 Å². The zero-order chi connectivity index (χ0) is 14.9. The Labute approximate surface area is 120 Å². The molecule has 3 heteroatoms. The summed E-state index contributed by atoms with van der Waals surface area (Å²) in [6.07, 6.45) is 0. The molecule has 106 valence electrons. The standard InChI is InChI=1S/C17H22N2O/c1-11(2)14-6-8-15(9-7-14)19-12(3)10-16(13(19)4)17(20)18-5/h6-11H,1-5H3,(H,18,20). The van der Waals surface area contributed by atoms with Gasteiger partial charge in [0.1, 0.15) is 0 Å². The van der Waals surface area contributed by atoms with Crippen LogP contribution >= 0.6 is 0 Å². The summed E-state index contributed by atoms with van der Waals surface area (Å²) in [6, 6.07) is 10.5. The zero-order valence-electron chi connectivity index (χ0n) is 12.8. The van der Waals surface area contributed by atoms with Crippen LogP contribution in [0.2, 0.25) is 0 Å². The minimum Gasteiger partial charge on any atom is -0.355 e. The van der Waals surface area contributed by atoms with Crippen molar-refractivity contribution in [2.75, 3.05) is 7.05 Å². The first-order valence-corrected chi connectivity index (χ1v) is 6.97. The van der Waals surface area contributed by atoms with E-state index in [1.54, 1.807) is 7.05 Å². The molecule has 1 N–H and O–H groups in total. The van der Waals surface area contributed by atoms with Crippen LogP contribution in [0.5, 0.6) is 0 Å². The molecule has 1 heterocycles. The lowest BCUT2D eigenvalue weighted by molar-refractivity contribution is 0.0962. The Hall–Kier alpha value is -2.03. The number of nitrogens with one attached hydrogen (secondary N) is 1. The number of carbonyl (C=O) groups excluding carboxylic acids is 1. The second kappa shape index (κ2) is 5.53. The molecular formula is C17H22N2O. The van der Waals surface area contributed by atoms with Crippen molar-refractivity contribution in [3.63, 3.8) is 0 Å². The molecule has 1 aromatic carbocycles. The summed E-state index contributed by atoms with van der Waals surface area (Å²) in [5.41, 5.74) is 5.19.